The predicted octanol–water partition coefficient (Wildman–Crippen LogP) is 5.67. The number of anilines is 1. The van der Waals surface area contributed by atoms with Crippen molar-refractivity contribution in [3.8, 4) is 11.1 Å². The second-order valence-corrected chi connectivity index (χ2v) is 11.0. The molecule has 0 bridgehead atoms. The summed E-state index contributed by atoms with van der Waals surface area (Å²) in [6.07, 6.45) is 4.53. The Morgan fingerprint density at radius 3 is 2.68 bits per heavy atom. The van der Waals surface area contributed by atoms with Crippen LogP contribution in [0.5, 0.6) is 0 Å². The van der Waals surface area contributed by atoms with Crippen molar-refractivity contribution in [1.29, 1.82) is 0 Å². The highest BCUT2D eigenvalue weighted by Gasteiger charge is 2.51. The Labute approximate surface area is 219 Å². The molecule has 2 saturated carbocycles. The maximum Gasteiger partial charge on any atom is 0.257 e. The van der Waals surface area contributed by atoms with Crippen molar-refractivity contribution < 1.29 is 18.4 Å². The van der Waals surface area contributed by atoms with Gasteiger partial charge in [-0.2, -0.15) is 5.10 Å². The molecule has 0 aliphatic heterocycles. The molecular formula is C27H30ClF2N5O2. The van der Waals surface area contributed by atoms with Gasteiger partial charge in [0, 0.05) is 41.8 Å². The number of halogens is 3. The van der Waals surface area contributed by atoms with Gasteiger partial charge in [-0.1, -0.05) is 31.9 Å². The van der Waals surface area contributed by atoms with Crippen LogP contribution in [0, 0.1) is 11.7 Å². The topological polar surface area (TPSA) is 88.9 Å². The molecule has 196 valence electrons. The Morgan fingerprint density at radius 1 is 1.22 bits per heavy atom. The smallest absolute Gasteiger partial charge is 0.257 e. The minimum absolute atomic E-state index is 0.135. The maximum atomic E-state index is 15.0. The molecule has 2 aromatic heterocycles. The first-order valence-corrected chi connectivity index (χ1v) is 13.1. The summed E-state index contributed by atoms with van der Waals surface area (Å²) >= 11 is 6.45. The van der Waals surface area contributed by atoms with Gasteiger partial charge in [0.15, 0.2) is 11.5 Å². The highest BCUT2D eigenvalue weighted by Crippen LogP contribution is 2.40. The van der Waals surface area contributed by atoms with E-state index in [2.05, 4.69) is 20.7 Å². The zero-order valence-corrected chi connectivity index (χ0v) is 21.8. The highest BCUT2D eigenvalue weighted by atomic mass is 35.5. The minimum Gasteiger partial charge on any atom is -0.351 e. The average Bonchev–Trinajstić information content (AvgIpc) is 3.51. The van der Waals surface area contributed by atoms with E-state index >= 15 is 4.39 Å². The average molecular weight is 530 g/mol. The number of benzene rings is 1. The summed E-state index contributed by atoms with van der Waals surface area (Å²) in [7, 11) is 1.80. The second kappa shape index (κ2) is 9.67. The third-order valence-electron chi connectivity index (χ3n) is 7.38. The van der Waals surface area contributed by atoms with E-state index in [0.717, 1.165) is 18.5 Å². The first kappa shape index (κ1) is 25.6. The molecule has 1 aromatic carbocycles. The van der Waals surface area contributed by atoms with Crippen LogP contribution >= 0.6 is 11.6 Å². The van der Waals surface area contributed by atoms with Gasteiger partial charge in [-0.05, 0) is 61.8 Å². The van der Waals surface area contributed by atoms with Gasteiger partial charge >= 0.3 is 0 Å². The van der Waals surface area contributed by atoms with Crippen LogP contribution in [-0.2, 0) is 16.6 Å². The SMILES string of the molecule is CC(C)c1c2cc(-c3cc(NC(=O)C4CCCC(NC(=O)C5(F)CC5)C4)ncc3Cl)cc(F)c2nn1C. The lowest BCUT2D eigenvalue weighted by molar-refractivity contribution is -0.129. The molecule has 2 amide bonds. The number of aryl methyl sites for hydroxylation is 1. The summed E-state index contributed by atoms with van der Waals surface area (Å²) in [6.45, 7) is 4.05. The van der Waals surface area contributed by atoms with Crippen LogP contribution in [0.2, 0.25) is 5.02 Å². The van der Waals surface area contributed by atoms with Gasteiger partial charge in [-0.25, -0.2) is 13.8 Å². The van der Waals surface area contributed by atoms with E-state index in [1.807, 2.05) is 19.9 Å². The van der Waals surface area contributed by atoms with Crippen molar-refractivity contribution in [2.75, 3.05) is 5.32 Å². The molecule has 7 nitrogen and oxygen atoms in total. The fraction of sp³-hybridized carbons (Fsp3) is 0.481. The van der Waals surface area contributed by atoms with E-state index < -0.39 is 17.4 Å². The number of fused-ring (bicyclic) bond motifs is 1. The third-order valence-corrected chi connectivity index (χ3v) is 7.68. The quantitative estimate of drug-likeness (QED) is 0.431. The zero-order valence-electron chi connectivity index (χ0n) is 21.1. The number of carbonyl (C=O) groups excluding carboxylic acids is 2. The Kier molecular flexibility index (Phi) is 6.68. The molecule has 5 rings (SSSR count). The van der Waals surface area contributed by atoms with Crippen molar-refractivity contribution in [2.24, 2.45) is 13.0 Å². The lowest BCUT2D eigenvalue weighted by Crippen LogP contribution is -2.44. The van der Waals surface area contributed by atoms with Gasteiger partial charge in [0.25, 0.3) is 5.91 Å². The number of nitrogens with one attached hydrogen (secondary N) is 2. The van der Waals surface area contributed by atoms with Gasteiger partial charge in [0.2, 0.25) is 5.91 Å². The number of pyridine rings is 1. The molecule has 0 saturated heterocycles. The molecule has 0 spiro atoms. The van der Waals surface area contributed by atoms with Crippen LogP contribution in [0.1, 0.15) is 64.0 Å². The van der Waals surface area contributed by atoms with E-state index in [1.165, 1.54) is 12.3 Å². The lowest BCUT2D eigenvalue weighted by atomic mass is 9.85. The van der Waals surface area contributed by atoms with Crippen LogP contribution in [-0.4, -0.2) is 38.3 Å². The molecule has 2 unspecified atom stereocenters. The number of aromatic nitrogens is 3. The Bertz CT molecular complexity index is 1380. The van der Waals surface area contributed by atoms with Crippen LogP contribution in [0.15, 0.2) is 24.4 Å². The Balaban J connectivity index is 1.35. The molecule has 2 fully saturated rings. The highest BCUT2D eigenvalue weighted by molar-refractivity contribution is 6.33. The normalized spacial score (nSPS) is 20.7. The van der Waals surface area contributed by atoms with E-state index in [-0.39, 0.29) is 36.6 Å². The van der Waals surface area contributed by atoms with Crippen LogP contribution in [0.3, 0.4) is 0 Å². The Morgan fingerprint density at radius 2 is 1.97 bits per heavy atom. The molecule has 3 aromatic rings. The van der Waals surface area contributed by atoms with Gasteiger partial charge in [0.05, 0.1) is 5.02 Å². The van der Waals surface area contributed by atoms with Gasteiger partial charge < -0.3 is 10.6 Å². The number of nitrogens with zero attached hydrogens (tertiary/aromatic N) is 3. The summed E-state index contributed by atoms with van der Waals surface area (Å²) in [5.41, 5.74) is 0.579. The number of hydrogen-bond donors (Lipinski definition) is 2. The molecule has 2 atom stereocenters. The number of alkyl halides is 1. The molecule has 0 radical (unpaired) electrons. The van der Waals surface area contributed by atoms with Gasteiger partial charge in [-0.3, -0.25) is 14.3 Å². The van der Waals surface area contributed by atoms with E-state index in [0.29, 0.717) is 45.7 Å². The summed E-state index contributed by atoms with van der Waals surface area (Å²) in [5.74, 6) is -1.15. The summed E-state index contributed by atoms with van der Waals surface area (Å²) in [5, 5.41) is 11.0. The number of rotatable bonds is 6. The Hall–Kier alpha value is -3.07. The first-order valence-electron chi connectivity index (χ1n) is 12.7. The van der Waals surface area contributed by atoms with Crippen molar-refractivity contribution in [3.05, 3.63) is 40.9 Å². The summed E-state index contributed by atoms with van der Waals surface area (Å²) in [4.78, 5) is 29.4. The van der Waals surface area contributed by atoms with E-state index in [1.54, 1.807) is 17.8 Å². The summed E-state index contributed by atoms with van der Waals surface area (Å²) in [6, 6.07) is 4.65. The number of amides is 2. The standard InChI is InChI=1S/C27H30ClF2N5O2/c1-14(2)24-19-10-16(11-21(29)23(19)34-35(24)3)18-12-22(31-13-20(18)28)33-25(36)15-5-4-6-17(9-15)32-26(37)27(30)7-8-27/h10-15,17H,4-9H2,1-3H3,(H,32,37)(H,31,33,36). The number of carbonyl (C=O) groups is 2. The molecule has 2 heterocycles. The lowest BCUT2D eigenvalue weighted by Gasteiger charge is -2.29. The third kappa shape index (κ3) is 5.06. The maximum absolute atomic E-state index is 15.0. The monoisotopic (exact) mass is 529 g/mol. The van der Waals surface area contributed by atoms with Gasteiger partial charge in [-0.15, -0.1) is 0 Å². The van der Waals surface area contributed by atoms with Crippen LogP contribution < -0.4 is 10.6 Å². The van der Waals surface area contributed by atoms with Crippen molar-refractivity contribution in [3.63, 3.8) is 0 Å². The molecular weight excluding hydrogens is 500 g/mol. The van der Waals surface area contributed by atoms with Gasteiger partial charge in [0.1, 0.15) is 11.3 Å². The fourth-order valence-electron chi connectivity index (χ4n) is 5.28. The molecule has 10 heteroatoms. The fourth-order valence-corrected chi connectivity index (χ4v) is 5.49. The minimum atomic E-state index is -1.73. The first-order chi connectivity index (χ1) is 17.6. The van der Waals surface area contributed by atoms with Crippen LogP contribution in [0.25, 0.3) is 22.0 Å². The van der Waals surface area contributed by atoms with Crippen molar-refractivity contribution in [1.82, 2.24) is 20.1 Å². The second-order valence-electron chi connectivity index (χ2n) is 10.6. The number of hydrogen-bond acceptors (Lipinski definition) is 4. The van der Waals surface area contributed by atoms with Crippen LogP contribution in [0.4, 0.5) is 14.6 Å². The molecule has 2 aliphatic carbocycles. The molecule has 37 heavy (non-hydrogen) atoms. The predicted molar refractivity (Wildman–Crippen MR) is 139 cm³/mol. The largest absolute Gasteiger partial charge is 0.351 e. The van der Waals surface area contributed by atoms with E-state index in [4.69, 9.17) is 11.6 Å². The molecule has 2 aliphatic rings. The zero-order chi connectivity index (χ0) is 26.5. The molecule has 2 N–H and O–H groups in total. The van der Waals surface area contributed by atoms with Crippen molar-refractivity contribution >= 4 is 40.1 Å². The van der Waals surface area contributed by atoms with Crippen molar-refractivity contribution in [2.45, 2.75) is 70.0 Å². The summed E-state index contributed by atoms with van der Waals surface area (Å²) < 4.78 is 30.8. The van der Waals surface area contributed by atoms with E-state index in [9.17, 15) is 14.0 Å².